The van der Waals surface area contributed by atoms with Gasteiger partial charge in [-0.2, -0.15) is 0 Å². The number of nitrogens with zero attached hydrogens (tertiary/aromatic N) is 1. The van der Waals surface area contributed by atoms with Crippen LogP contribution in [0.3, 0.4) is 0 Å². The molecule has 1 aromatic rings. The zero-order chi connectivity index (χ0) is 9.10. The molecule has 1 fully saturated rings. The van der Waals surface area contributed by atoms with E-state index in [1.807, 2.05) is 12.1 Å². The number of ether oxygens (including phenoxy) is 2. The molecule has 0 aliphatic carbocycles. The van der Waals surface area contributed by atoms with Crippen molar-refractivity contribution in [1.82, 2.24) is 4.98 Å². The van der Waals surface area contributed by atoms with Crippen LogP contribution in [0.1, 0.15) is 5.69 Å². The first-order valence-electron chi connectivity index (χ1n) is 4.28. The van der Waals surface area contributed by atoms with Crippen LogP contribution < -0.4 is 10.5 Å². The maximum atomic E-state index is 5.52. The zero-order valence-electron chi connectivity index (χ0n) is 7.27. The lowest BCUT2D eigenvalue weighted by Crippen LogP contribution is -2.38. The average molecular weight is 180 g/mol. The molecule has 1 aliphatic heterocycles. The lowest BCUT2D eigenvalue weighted by molar-refractivity contribution is -0.0798. The molecule has 4 heteroatoms. The number of nitrogens with two attached hydrogens (primary N) is 1. The third kappa shape index (κ3) is 1.96. The Labute approximate surface area is 76.7 Å². The molecule has 2 rings (SSSR count). The second-order valence-electron chi connectivity index (χ2n) is 2.97. The Hall–Kier alpha value is -1.13. The number of hydrogen-bond acceptors (Lipinski definition) is 4. The number of rotatable bonds is 3. The second kappa shape index (κ2) is 3.72. The van der Waals surface area contributed by atoms with Crippen molar-refractivity contribution < 1.29 is 9.47 Å². The third-order valence-electron chi connectivity index (χ3n) is 1.92. The van der Waals surface area contributed by atoms with Crippen LogP contribution in [0.25, 0.3) is 0 Å². The first kappa shape index (κ1) is 8.47. The number of hydrogen-bond donors (Lipinski definition) is 1. The van der Waals surface area contributed by atoms with Crippen LogP contribution in [0.5, 0.6) is 5.75 Å². The van der Waals surface area contributed by atoms with E-state index in [0.29, 0.717) is 19.8 Å². The van der Waals surface area contributed by atoms with Crippen LogP contribution in [0, 0.1) is 0 Å². The Balaban J connectivity index is 1.96. The molecule has 2 N–H and O–H groups in total. The van der Waals surface area contributed by atoms with Crippen LogP contribution in [-0.4, -0.2) is 24.3 Å². The topological polar surface area (TPSA) is 57.4 Å². The summed E-state index contributed by atoms with van der Waals surface area (Å²) in [7, 11) is 0. The Morgan fingerprint density at radius 1 is 1.54 bits per heavy atom. The molecule has 0 unspecified atom stereocenters. The molecule has 0 bridgehead atoms. The highest BCUT2D eigenvalue weighted by Gasteiger charge is 2.19. The monoisotopic (exact) mass is 180 g/mol. The van der Waals surface area contributed by atoms with Crippen molar-refractivity contribution in [3.63, 3.8) is 0 Å². The number of pyridine rings is 1. The summed E-state index contributed by atoms with van der Waals surface area (Å²) < 4.78 is 10.5. The molecule has 13 heavy (non-hydrogen) atoms. The van der Waals surface area contributed by atoms with E-state index < -0.39 is 0 Å². The summed E-state index contributed by atoms with van der Waals surface area (Å²) in [5.74, 6) is 0.783. The minimum absolute atomic E-state index is 0.200. The molecule has 0 atom stereocenters. The fourth-order valence-electron chi connectivity index (χ4n) is 1.08. The Kier molecular flexibility index (Phi) is 2.42. The molecule has 0 aromatic carbocycles. The van der Waals surface area contributed by atoms with E-state index in [2.05, 4.69) is 4.98 Å². The molecule has 1 aliphatic rings. The van der Waals surface area contributed by atoms with Crippen molar-refractivity contribution >= 4 is 0 Å². The summed E-state index contributed by atoms with van der Waals surface area (Å²) in [6.45, 7) is 1.82. The van der Waals surface area contributed by atoms with Crippen LogP contribution in [0.4, 0.5) is 0 Å². The first-order valence-corrected chi connectivity index (χ1v) is 4.28. The van der Waals surface area contributed by atoms with Gasteiger partial charge in [-0.1, -0.05) is 0 Å². The van der Waals surface area contributed by atoms with E-state index in [0.717, 1.165) is 11.4 Å². The molecule has 70 valence electrons. The van der Waals surface area contributed by atoms with Gasteiger partial charge in [0.15, 0.2) is 0 Å². The van der Waals surface area contributed by atoms with Gasteiger partial charge in [0.1, 0.15) is 11.9 Å². The average Bonchev–Trinajstić information content (AvgIpc) is 2.12. The molecule has 4 nitrogen and oxygen atoms in total. The summed E-state index contributed by atoms with van der Waals surface area (Å²) in [6, 6.07) is 3.75. The van der Waals surface area contributed by atoms with Gasteiger partial charge < -0.3 is 15.2 Å². The fraction of sp³-hybridized carbons (Fsp3) is 0.444. The zero-order valence-corrected chi connectivity index (χ0v) is 7.27. The predicted molar refractivity (Wildman–Crippen MR) is 47.4 cm³/mol. The van der Waals surface area contributed by atoms with Gasteiger partial charge in [-0.25, -0.2) is 0 Å². The van der Waals surface area contributed by atoms with Gasteiger partial charge in [-0.3, -0.25) is 4.98 Å². The van der Waals surface area contributed by atoms with Gasteiger partial charge in [0.2, 0.25) is 0 Å². The van der Waals surface area contributed by atoms with Crippen molar-refractivity contribution in [1.29, 1.82) is 0 Å². The van der Waals surface area contributed by atoms with Crippen LogP contribution in [0.15, 0.2) is 18.3 Å². The van der Waals surface area contributed by atoms with E-state index in [1.165, 1.54) is 0 Å². The number of aromatic nitrogens is 1. The Bertz CT molecular complexity index is 269. The van der Waals surface area contributed by atoms with E-state index >= 15 is 0 Å². The van der Waals surface area contributed by atoms with Gasteiger partial charge in [-0.15, -0.1) is 0 Å². The van der Waals surface area contributed by atoms with Crippen LogP contribution in [0.2, 0.25) is 0 Å². The van der Waals surface area contributed by atoms with Crippen molar-refractivity contribution in [3.8, 4) is 5.75 Å². The summed E-state index contributed by atoms with van der Waals surface area (Å²) in [5.41, 5.74) is 6.29. The summed E-state index contributed by atoms with van der Waals surface area (Å²) in [5, 5.41) is 0. The minimum Gasteiger partial charge on any atom is -0.484 e. The van der Waals surface area contributed by atoms with E-state index in [-0.39, 0.29) is 6.10 Å². The maximum Gasteiger partial charge on any atom is 0.145 e. The quantitative estimate of drug-likeness (QED) is 0.727. The molecule has 2 heterocycles. The first-order chi connectivity index (χ1) is 6.38. The highest BCUT2D eigenvalue weighted by atomic mass is 16.6. The normalized spacial score (nSPS) is 16.7. The van der Waals surface area contributed by atoms with Crippen LogP contribution >= 0.6 is 0 Å². The van der Waals surface area contributed by atoms with Crippen molar-refractivity contribution in [3.05, 3.63) is 24.0 Å². The van der Waals surface area contributed by atoms with Gasteiger partial charge in [0.05, 0.1) is 25.1 Å². The molecule has 1 saturated heterocycles. The van der Waals surface area contributed by atoms with Crippen molar-refractivity contribution in [2.75, 3.05) is 13.2 Å². The van der Waals surface area contributed by atoms with Gasteiger partial charge in [-0.05, 0) is 12.1 Å². The highest BCUT2D eigenvalue weighted by molar-refractivity contribution is 5.20. The Morgan fingerprint density at radius 2 is 2.38 bits per heavy atom. The smallest absolute Gasteiger partial charge is 0.145 e. The molecule has 0 saturated carbocycles. The van der Waals surface area contributed by atoms with Gasteiger partial charge in [0.25, 0.3) is 0 Å². The molecular weight excluding hydrogens is 168 g/mol. The van der Waals surface area contributed by atoms with E-state index in [4.69, 9.17) is 15.2 Å². The summed E-state index contributed by atoms with van der Waals surface area (Å²) in [4.78, 5) is 4.12. The standard InChI is InChI=1S/C9H12N2O2/c10-3-7-1-2-8(4-11-7)13-9-5-12-6-9/h1-2,4,9H,3,5-6,10H2. The predicted octanol–water partition coefficient (Wildman–Crippen LogP) is 0.318. The molecule has 0 radical (unpaired) electrons. The fourth-order valence-corrected chi connectivity index (χ4v) is 1.08. The minimum atomic E-state index is 0.200. The van der Waals surface area contributed by atoms with Gasteiger partial charge >= 0.3 is 0 Å². The molecule has 0 amide bonds. The van der Waals surface area contributed by atoms with Crippen molar-refractivity contribution in [2.24, 2.45) is 5.73 Å². The summed E-state index contributed by atoms with van der Waals surface area (Å²) in [6.07, 6.45) is 1.89. The van der Waals surface area contributed by atoms with Crippen LogP contribution in [-0.2, 0) is 11.3 Å². The largest absolute Gasteiger partial charge is 0.484 e. The molecule has 1 aromatic heterocycles. The molecular formula is C9H12N2O2. The van der Waals surface area contributed by atoms with E-state index in [1.54, 1.807) is 6.20 Å². The lowest BCUT2D eigenvalue weighted by atomic mass is 10.3. The van der Waals surface area contributed by atoms with E-state index in [9.17, 15) is 0 Å². The Morgan fingerprint density at radius 3 is 2.85 bits per heavy atom. The SMILES string of the molecule is NCc1ccc(OC2COC2)cn1. The lowest BCUT2D eigenvalue weighted by Gasteiger charge is -2.26. The van der Waals surface area contributed by atoms with Crippen molar-refractivity contribution in [2.45, 2.75) is 12.6 Å². The third-order valence-corrected chi connectivity index (χ3v) is 1.92. The highest BCUT2D eigenvalue weighted by Crippen LogP contribution is 2.14. The summed E-state index contributed by atoms with van der Waals surface area (Å²) >= 11 is 0. The second-order valence-corrected chi connectivity index (χ2v) is 2.97. The maximum absolute atomic E-state index is 5.52. The van der Waals surface area contributed by atoms with Gasteiger partial charge in [0, 0.05) is 6.54 Å². The molecule has 0 spiro atoms.